The fourth-order valence-corrected chi connectivity index (χ4v) is 2.48. The van der Waals surface area contributed by atoms with E-state index >= 15 is 0 Å². The van der Waals surface area contributed by atoms with Crippen molar-refractivity contribution < 1.29 is 4.39 Å². The summed E-state index contributed by atoms with van der Waals surface area (Å²) in [6, 6.07) is 4.93. The monoisotopic (exact) mass is 310 g/mol. The van der Waals surface area contributed by atoms with Crippen LogP contribution in [0.2, 0.25) is 5.02 Å². The van der Waals surface area contributed by atoms with E-state index in [1.165, 1.54) is 6.33 Å². The Kier molecular flexibility index (Phi) is 5.70. The molecule has 1 unspecified atom stereocenters. The van der Waals surface area contributed by atoms with Crippen LogP contribution in [0.5, 0.6) is 0 Å². The van der Waals surface area contributed by atoms with E-state index in [0.717, 1.165) is 25.3 Å². The molecule has 0 aliphatic carbocycles. The first kappa shape index (κ1) is 15.9. The fraction of sp³-hybridized carbons (Fsp3) is 0.467. The zero-order chi connectivity index (χ0) is 15.2. The molecule has 114 valence electrons. The van der Waals surface area contributed by atoms with E-state index < -0.39 is 0 Å². The van der Waals surface area contributed by atoms with Crippen LogP contribution >= 0.6 is 11.6 Å². The smallest absolute Gasteiger partial charge is 0.146 e. The Morgan fingerprint density at radius 3 is 2.90 bits per heavy atom. The zero-order valence-corrected chi connectivity index (χ0v) is 13.1. The van der Waals surface area contributed by atoms with Gasteiger partial charge in [0.1, 0.15) is 18.0 Å². The molecule has 0 radical (unpaired) electrons. The average Bonchev–Trinajstić information content (AvgIpc) is 2.93. The summed E-state index contributed by atoms with van der Waals surface area (Å²) in [5.41, 5.74) is 0.571. The third-order valence-electron chi connectivity index (χ3n) is 3.38. The molecule has 0 aliphatic rings. The Morgan fingerprint density at radius 1 is 1.38 bits per heavy atom. The summed E-state index contributed by atoms with van der Waals surface area (Å²) in [5, 5.41) is 7.67. The first-order valence-corrected chi connectivity index (χ1v) is 7.59. The lowest BCUT2D eigenvalue weighted by Crippen LogP contribution is -2.26. The van der Waals surface area contributed by atoms with E-state index in [2.05, 4.69) is 22.3 Å². The van der Waals surface area contributed by atoms with E-state index in [-0.39, 0.29) is 16.9 Å². The summed E-state index contributed by atoms with van der Waals surface area (Å²) in [5.74, 6) is 0.473. The minimum absolute atomic E-state index is 0.146. The third kappa shape index (κ3) is 3.80. The number of halogens is 2. The Bertz CT molecular complexity index is 585. The number of aromatic nitrogens is 3. The summed E-state index contributed by atoms with van der Waals surface area (Å²) < 4.78 is 16.1. The normalized spacial score (nSPS) is 12.6. The summed E-state index contributed by atoms with van der Waals surface area (Å²) in [7, 11) is 0. The van der Waals surface area contributed by atoms with Crippen LogP contribution in [0.3, 0.4) is 0 Å². The maximum Gasteiger partial charge on any atom is 0.146 e. The van der Waals surface area contributed by atoms with Crippen molar-refractivity contribution in [2.24, 2.45) is 0 Å². The standard InChI is InChI=1S/C15H20ClFN4/c1-3-8-18-13(9-14-19-10-20-21(14)4-2)11-6-5-7-12(16)15(11)17/h5-7,10,13,18H,3-4,8-9H2,1-2H3. The van der Waals surface area contributed by atoms with Crippen LogP contribution < -0.4 is 5.32 Å². The maximum atomic E-state index is 14.3. The summed E-state index contributed by atoms with van der Waals surface area (Å²) in [4.78, 5) is 4.27. The number of nitrogens with one attached hydrogen (secondary N) is 1. The highest BCUT2D eigenvalue weighted by molar-refractivity contribution is 6.30. The van der Waals surface area contributed by atoms with E-state index in [9.17, 15) is 4.39 Å². The molecular formula is C15H20ClFN4. The molecule has 1 aromatic heterocycles. The molecule has 1 aromatic carbocycles. The molecule has 0 amide bonds. The molecule has 1 atom stereocenters. The highest BCUT2D eigenvalue weighted by Gasteiger charge is 2.19. The fourth-order valence-electron chi connectivity index (χ4n) is 2.29. The van der Waals surface area contributed by atoms with Crippen LogP contribution in [0.25, 0.3) is 0 Å². The van der Waals surface area contributed by atoms with Gasteiger partial charge in [0, 0.05) is 24.6 Å². The van der Waals surface area contributed by atoms with Crippen LogP contribution in [0.15, 0.2) is 24.5 Å². The van der Waals surface area contributed by atoms with Gasteiger partial charge in [0.25, 0.3) is 0 Å². The van der Waals surface area contributed by atoms with E-state index in [1.807, 2.05) is 11.6 Å². The van der Waals surface area contributed by atoms with Crippen LogP contribution in [0.1, 0.15) is 37.7 Å². The number of rotatable bonds is 7. The quantitative estimate of drug-likeness (QED) is 0.852. The molecule has 21 heavy (non-hydrogen) atoms. The van der Waals surface area contributed by atoms with Crippen molar-refractivity contribution in [2.45, 2.75) is 39.3 Å². The lowest BCUT2D eigenvalue weighted by molar-refractivity contribution is 0.474. The lowest BCUT2D eigenvalue weighted by Gasteiger charge is -2.20. The molecule has 0 saturated carbocycles. The second-order valence-electron chi connectivity index (χ2n) is 4.85. The Hall–Kier alpha value is -1.46. The Balaban J connectivity index is 2.28. The SMILES string of the molecule is CCCNC(Cc1ncnn1CC)c1cccc(Cl)c1F. The summed E-state index contributed by atoms with van der Waals surface area (Å²) in [6.45, 7) is 5.63. The molecule has 2 rings (SSSR count). The zero-order valence-electron chi connectivity index (χ0n) is 12.3. The van der Waals surface area contributed by atoms with Gasteiger partial charge in [-0.1, -0.05) is 30.7 Å². The van der Waals surface area contributed by atoms with Crippen molar-refractivity contribution >= 4 is 11.6 Å². The molecule has 0 saturated heterocycles. The third-order valence-corrected chi connectivity index (χ3v) is 3.67. The van der Waals surface area contributed by atoms with E-state index in [4.69, 9.17) is 11.6 Å². The summed E-state index contributed by atoms with van der Waals surface area (Å²) in [6.07, 6.45) is 3.08. The molecule has 6 heteroatoms. The summed E-state index contributed by atoms with van der Waals surface area (Å²) >= 11 is 5.90. The topological polar surface area (TPSA) is 42.7 Å². The van der Waals surface area contributed by atoms with E-state index in [1.54, 1.807) is 18.2 Å². The first-order valence-electron chi connectivity index (χ1n) is 7.21. The molecule has 0 bridgehead atoms. The predicted octanol–water partition coefficient (Wildman–Crippen LogP) is 3.37. The predicted molar refractivity (Wildman–Crippen MR) is 81.8 cm³/mol. The van der Waals surface area contributed by atoms with Crippen molar-refractivity contribution in [3.63, 3.8) is 0 Å². The highest BCUT2D eigenvalue weighted by atomic mass is 35.5. The lowest BCUT2D eigenvalue weighted by atomic mass is 10.0. The average molecular weight is 311 g/mol. The van der Waals surface area contributed by atoms with Gasteiger partial charge >= 0.3 is 0 Å². The number of benzene rings is 1. The maximum absolute atomic E-state index is 14.3. The Morgan fingerprint density at radius 2 is 2.19 bits per heavy atom. The van der Waals surface area contributed by atoms with Crippen LogP contribution in [-0.2, 0) is 13.0 Å². The molecule has 2 aromatic rings. The number of hydrogen-bond acceptors (Lipinski definition) is 3. The van der Waals surface area contributed by atoms with Gasteiger partial charge in [0.05, 0.1) is 5.02 Å². The van der Waals surface area contributed by atoms with Gasteiger partial charge in [-0.2, -0.15) is 5.10 Å². The highest BCUT2D eigenvalue weighted by Crippen LogP contribution is 2.25. The van der Waals surface area contributed by atoms with Gasteiger partial charge in [0.2, 0.25) is 0 Å². The number of nitrogens with zero attached hydrogens (tertiary/aromatic N) is 3. The number of aryl methyl sites for hydroxylation is 1. The first-order chi connectivity index (χ1) is 10.2. The van der Waals surface area contributed by atoms with Crippen molar-refractivity contribution in [1.82, 2.24) is 20.1 Å². The van der Waals surface area contributed by atoms with Gasteiger partial charge in [-0.05, 0) is 26.0 Å². The van der Waals surface area contributed by atoms with Crippen LogP contribution in [0, 0.1) is 5.82 Å². The van der Waals surface area contributed by atoms with Crippen molar-refractivity contribution in [2.75, 3.05) is 6.54 Å². The van der Waals surface area contributed by atoms with E-state index in [0.29, 0.717) is 12.0 Å². The van der Waals surface area contributed by atoms with Gasteiger partial charge < -0.3 is 5.32 Å². The minimum atomic E-state index is -0.365. The van der Waals surface area contributed by atoms with Gasteiger partial charge in [0.15, 0.2) is 0 Å². The molecule has 1 N–H and O–H groups in total. The Labute approximate surface area is 129 Å². The van der Waals surface area contributed by atoms with Crippen LogP contribution in [0.4, 0.5) is 4.39 Å². The second kappa shape index (κ2) is 7.52. The van der Waals surface area contributed by atoms with Crippen molar-refractivity contribution in [3.05, 3.63) is 46.8 Å². The molecule has 0 fully saturated rings. The number of hydrogen-bond donors (Lipinski definition) is 1. The second-order valence-corrected chi connectivity index (χ2v) is 5.25. The largest absolute Gasteiger partial charge is 0.309 e. The minimum Gasteiger partial charge on any atom is -0.309 e. The molecule has 0 aliphatic heterocycles. The molecule has 4 nitrogen and oxygen atoms in total. The van der Waals surface area contributed by atoms with Crippen molar-refractivity contribution in [3.8, 4) is 0 Å². The van der Waals surface area contributed by atoms with Gasteiger partial charge in [-0.3, -0.25) is 4.68 Å². The molecular weight excluding hydrogens is 291 g/mol. The molecule has 0 spiro atoms. The van der Waals surface area contributed by atoms with Crippen LogP contribution in [-0.4, -0.2) is 21.3 Å². The molecule has 1 heterocycles. The van der Waals surface area contributed by atoms with Gasteiger partial charge in [-0.25, -0.2) is 9.37 Å². The van der Waals surface area contributed by atoms with Crippen molar-refractivity contribution in [1.29, 1.82) is 0 Å². The van der Waals surface area contributed by atoms with Gasteiger partial charge in [-0.15, -0.1) is 0 Å².